The predicted octanol–water partition coefficient (Wildman–Crippen LogP) is 2.44. The highest BCUT2D eigenvalue weighted by atomic mass is 16.5. The zero-order valence-electron chi connectivity index (χ0n) is 8.85. The molecule has 0 saturated heterocycles. The molecule has 0 N–H and O–H groups in total. The van der Waals surface area contributed by atoms with E-state index in [0.29, 0.717) is 6.61 Å². The van der Waals surface area contributed by atoms with Gasteiger partial charge < -0.3 is 4.74 Å². The Hall–Kier alpha value is -1.64. The van der Waals surface area contributed by atoms with E-state index in [0.717, 1.165) is 18.4 Å². The summed E-state index contributed by atoms with van der Waals surface area (Å²) in [4.78, 5) is 15.0. The van der Waals surface area contributed by atoms with Gasteiger partial charge in [-0.1, -0.05) is 13.3 Å². The summed E-state index contributed by atoms with van der Waals surface area (Å²) in [6.45, 7) is 2.55. The van der Waals surface area contributed by atoms with Crippen LogP contribution in [0.25, 0.3) is 6.08 Å². The fourth-order valence-electron chi connectivity index (χ4n) is 1.00. The third-order valence-corrected chi connectivity index (χ3v) is 1.86. The first-order valence-corrected chi connectivity index (χ1v) is 5.08. The van der Waals surface area contributed by atoms with Gasteiger partial charge in [-0.25, -0.2) is 4.79 Å². The molecular weight excluding hydrogens is 190 g/mol. The largest absolute Gasteiger partial charge is 0.463 e. The number of carbonyl (C=O) groups is 1. The molecule has 1 aromatic rings. The molecule has 15 heavy (non-hydrogen) atoms. The SMILES string of the molecule is CCCCOC(=O)C=Cc1ccncc1. The van der Waals surface area contributed by atoms with Crippen molar-refractivity contribution in [1.82, 2.24) is 4.98 Å². The summed E-state index contributed by atoms with van der Waals surface area (Å²) in [5.41, 5.74) is 0.942. The van der Waals surface area contributed by atoms with Crippen LogP contribution in [0.5, 0.6) is 0 Å². The lowest BCUT2D eigenvalue weighted by Gasteiger charge is -1.98. The molecule has 0 spiro atoms. The van der Waals surface area contributed by atoms with Gasteiger partial charge in [-0.15, -0.1) is 0 Å². The van der Waals surface area contributed by atoms with Crippen LogP contribution in [-0.2, 0) is 9.53 Å². The lowest BCUT2D eigenvalue weighted by atomic mass is 10.2. The van der Waals surface area contributed by atoms with E-state index >= 15 is 0 Å². The van der Waals surface area contributed by atoms with Crippen molar-refractivity contribution in [3.05, 3.63) is 36.2 Å². The molecule has 0 bridgehead atoms. The van der Waals surface area contributed by atoms with Crippen molar-refractivity contribution in [2.45, 2.75) is 19.8 Å². The van der Waals surface area contributed by atoms with Gasteiger partial charge in [-0.2, -0.15) is 0 Å². The number of hydrogen-bond acceptors (Lipinski definition) is 3. The standard InChI is InChI=1S/C12H15NO2/c1-2-3-10-15-12(14)5-4-11-6-8-13-9-7-11/h4-9H,2-3,10H2,1H3. The van der Waals surface area contributed by atoms with E-state index in [1.54, 1.807) is 18.5 Å². The molecule has 3 heteroatoms. The van der Waals surface area contributed by atoms with Crippen molar-refractivity contribution in [3.63, 3.8) is 0 Å². The van der Waals surface area contributed by atoms with Crippen molar-refractivity contribution < 1.29 is 9.53 Å². The Morgan fingerprint density at radius 2 is 2.20 bits per heavy atom. The van der Waals surface area contributed by atoms with Crippen molar-refractivity contribution in [1.29, 1.82) is 0 Å². The molecule has 0 amide bonds. The molecule has 0 fully saturated rings. The third kappa shape index (κ3) is 4.96. The zero-order chi connectivity index (χ0) is 10.9. The van der Waals surface area contributed by atoms with Crippen LogP contribution in [0.4, 0.5) is 0 Å². The Bertz CT molecular complexity index is 320. The predicted molar refractivity (Wildman–Crippen MR) is 59.1 cm³/mol. The normalized spacial score (nSPS) is 10.5. The highest BCUT2D eigenvalue weighted by molar-refractivity contribution is 5.86. The quantitative estimate of drug-likeness (QED) is 0.421. The number of esters is 1. The minimum Gasteiger partial charge on any atom is -0.463 e. The Balaban J connectivity index is 2.34. The zero-order valence-corrected chi connectivity index (χ0v) is 8.85. The van der Waals surface area contributed by atoms with E-state index in [2.05, 4.69) is 11.9 Å². The van der Waals surface area contributed by atoms with E-state index in [4.69, 9.17) is 4.74 Å². The number of nitrogens with zero attached hydrogens (tertiary/aromatic N) is 1. The Morgan fingerprint density at radius 1 is 1.47 bits per heavy atom. The summed E-state index contributed by atoms with van der Waals surface area (Å²) in [5.74, 6) is -0.291. The maximum Gasteiger partial charge on any atom is 0.330 e. The number of aromatic nitrogens is 1. The Morgan fingerprint density at radius 3 is 2.87 bits per heavy atom. The number of hydrogen-bond donors (Lipinski definition) is 0. The van der Waals surface area contributed by atoms with Crippen LogP contribution in [0.3, 0.4) is 0 Å². The number of carbonyl (C=O) groups excluding carboxylic acids is 1. The van der Waals surface area contributed by atoms with Crippen LogP contribution in [0.15, 0.2) is 30.6 Å². The van der Waals surface area contributed by atoms with Crippen molar-refractivity contribution in [2.24, 2.45) is 0 Å². The van der Waals surface area contributed by atoms with E-state index < -0.39 is 0 Å². The first kappa shape index (κ1) is 11.4. The maximum atomic E-state index is 11.2. The van der Waals surface area contributed by atoms with Crippen molar-refractivity contribution >= 4 is 12.0 Å². The molecule has 80 valence electrons. The van der Waals surface area contributed by atoms with Gasteiger partial charge >= 0.3 is 5.97 Å². The minimum atomic E-state index is -0.291. The average molecular weight is 205 g/mol. The van der Waals surface area contributed by atoms with Crippen molar-refractivity contribution in [2.75, 3.05) is 6.61 Å². The van der Waals surface area contributed by atoms with Crippen LogP contribution in [0.2, 0.25) is 0 Å². The molecule has 0 unspecified atom stereocenters. The molecule has 0 aliphatic heterocycles. The minimum absolute atomic E-state index is 0.291. The van der Waals surface area contributed by atoms with Crippen LogP contribution in [0, 0.1) is 0 Å². The molecule has 0 saturated carbocycles. The first-order valence-electron chi connectivity index (χ1n) is 5.08. The fourth-order valence-corrected chi connectivity index (χ4v) is 1.00. The fraction of sp³-hybridized carbons (Fsp3) is 0.333. The van der Waals surface area contributed by atoms with Gasteiger partial charge in [-0.05, 0) is 30.2 Å². The first-order chi connectivity index (χ1) is 7.33. The second kappa shape index (κ2) is 6.76. The molecule has 0 aliphatic carbocycles. The van der Waals surface area contributed by atoms with Gasteiger partial charge in [0.2, 0.25) is 0 Å². The molecule has 0 atom stereocenters. The van der Waals surface area contributed by atoms with Gasteiger partial charge in [0.15, 0.2) is 0 Å². The number of ether oxygens (including phenoxy) is 1. The third-order valence-electron chi connectivity index (χ3n) is 1.86. The molecule has 1 heterocycles. The van der Waals surface area contributed by atoms with Crippen LogP contribution >= 0.6 is 0 Å². The van der Waals surface area contributed by atoms with Crippen molar-refractivity contribution in [3.8, 4) is 0 Å². The summed E-state index contributed by atoms with van der Waals surface area (Å²) in [6.07, 6.45) is 8.46. The van der Waals surface area contributed by atoms with E-state index in [9.17, 15) is 4.79 Å². The van der Waals surface area contributed by atoms with E-state index in [1.807, 2.05) is 12.1 Å². The second-order valence-electron chi connectivity index (χ2n) is 3.13. The molecule has 0 aromatic carbocycles. The molecular formula is C12H15NO2. The Labute approximate surface area is 89.8 Å². The van der Waals surface area contributed by atoms with Crippen LogP contribution in [-0.4, -0.2) is 17.6 Å². The lowest BCUT2D eigenvalue weighted by molar-refractivity contribution is -0.137. The molecule has 1 rings (SSSR count). The second-order valence-corrected chi connectivity index (χ2v) is 3.13. The van der Waals surface area contributed by atoms with E-state index in [-0.39, 0.29) is 5.97 Å². The number of rotatable bonds is 5. The molecule has 3 nitrogen and oxygen atoms in total. The summed E-state index contributed by atoms with van der Waals surface area (Å²) >= 11 is 0. The summed E-state index contributed by atoms with van der Waals surface area (Å²) in [5, 5.41) is 0. The molecule has 0 radical (unpaired) electrons. The van der Waals surface area contributed by atoms with Crippen LogP contribution < -0.4 is 0 Å². The Kier molecular flexibility index (Phi) is 5.15. The number of pyridine rings is 1. The van der Waals surface area contributed by atoms with E-state index in [1.165, 1.54) is 6.08 Å². The summed E-state index contributed by atoms with van der Waals surface area (Å²) in [7, 11) is 0. The van der Waals surface area contributed by atoms with Gasteiger partial charge in [0.1, 0.15) is 0 Å². The topological polar surface area (TPSA) is 39.2 Å². The van der Waals surface area contributed by atoms with Gasteiger partial charge in [0, 0.05) is 18.5 Å². The molecule has 1 aromatic heterocycles. The highest BCUT2D eigenvalue weighted by Gasteiger charge is 1.95. The average Bonchev–Trinajstić information content (AvgIpc) is 2.28. The summed E-state index contributed by atoms with van der Waals surface area (Å²) in [6, 6.07) is 3.66. The van der Waals surface area contributed by atoms with Gasteiger partial charge in [0.05, 0.1) is 6.61 Å². The summed E-state index contributed by atoms with van der Waals surface area (Å²) < 4.78 is 4.96. The lowest BCUT2D eigenvalue weighted by Crippen LogP contribution is -2.01. The number of unbranched alkanes of at least 4 members (excludes halogenated alkanes) is 1. The van der Waals surface area contributed by atoms with Gasteiger partial charge in [0.25, 0.3) is 0 Å². The molecule has 0 aliphatic rings. The van der Waals surface area contributed by atoms with Crippen LogP contribution in [0.1, 0.15) is 25.3 Å². The smallest absolute Gasteiger partial charge is 0.330 e. The monoisotopic (exact) mass is 205 g/mol. The highest BCUT2D eigenvalue weighted by Crippen LogP contribution is 1.99. The maximum absolute atomic E-state index is 11.2. The van der Waals surface area contributed by atoms with Gasteiger partial charge in [-0.3, -0.25) is 4.98 Å².